The first kappa shape index (κ1) is 19.3. The van der Waals surface area contributed by atoms with Gasteiger partial charge in [-0.15, -0.1) is 0 Å². The number of fused-ring (bicyclic) bond motifs is 4. The van der Waals surface area contributed by atoms with Crippen molar-refractivity contribution in [3.63, 3.8) is 0 Å². The van der Waals surface area contributed by atoms with E-state index in [-0.39, 0.29) is 28.5 Å². The van der Waals surface area contributed by atoms with Gasteiger partial charge in [-0.2, -0.15) is 0 Å². The molecule has 2 aliphatic carbocycles. The Labute approximate surface area is 168 Å². The molecule has 0 amide bonds. The van der Waals surface area contributed by atoms with Crippen molar-refractivity contribution in [2.24, 2.45) is 22.7 Å². The molecule has 0 aromatic heterocycles. The molecule has 0 bridgehead atoms. The minimum absolute atomic E-state index is 0.0107. The normalized spacial score (nSPS) is 55.2. The summed E-state index contributed by atoms with van der Waals surface area (Å²) in [5, 5.41) is 0. The summed E-state index contributed by atoms with van der Waals surface area (Å²) < 4.78 is 25.0. The van der Waals surface area contributed by atoms with Crippen LogP contribution in [0.4, 0.5) is 0 Å². The van der Waals surface area contributed by atoms with E-state index in [2.05, 4.69) is 20.8 Å². The Morgan fingerprint density at radius 3 is 2.46 bits per heavy atom. The van der Waals surface area contributed by atoms with E-state index in [9.17, 15) is 4.79 Å². The van der Waals surface area contributed by atoms with Crippen LogP contribution in [0.15, 0.2) is 0 Å². The van der Waals surface area contributed by atoms with E-state index >= 15 is 0 Å². The SMILES string of the molecule is C[C@H]1CC[C@@H]2[C@]3(C)COC(C)(C)O[C@@H]3CC[C@]2(C)[C@]12CC[C@]1(COC(=O)C1)O2. The van der Waals surface area contributed by atoms with Gasteiger partial charge in [-0.05, 0) is 64.2 Å². The van der Waals surface area contributed by atoms with Crippen molar-refractivity contribution >= 4 is 5.97 Å². The van der Waals surface area contributed by atoms with Crippen molar-refractivity contribution in [2.45, 2.75) is 103 Å². The maximum Gasteiger partial charge on any atom is 0.308 e. The molecule has 5 heteroatoms. The summed E-state index contributed by atoms with van der Waals surface area (Å²) in [6.07, 6.45) is 7.16. The zero-order chi connectivity index (χ0) is 20.0. The molecule has 0 unspecified atom stereocenters. The summed E-state index contributed by atoms with van der Waals surface area (Å²) >= 11 is 0. The van der Waals surface area contributed by atoms with Crippen LogP contribution < -0.4 is 0 Å². The Balaban J connectivity index is 1.51. The van der Waals surface area contributed by atoms with Crippen LogP contribution in [-0.4, -0.2) is 42.3 Å². The Bertz CT molecular complexity index is 690. The summed E-state index contributed by atoms with van der Waals surface area (Å²) in [5.41, 5.74) is -0.490. The van der Waals surface area contributed by atoms with Crippen molar-refractivity contribution in [1.29, 1.82) is 0 Å². The van der Waals surface area contributed by atoms with Gasteiger partial charge >= 0.3 is 5.97 Å². The largest absolute Gasteiger partial charge is 0.463 e. The molecule has 3 heterocycles. The maximum absolute atomic E-state index is 11.9. The Kier molecular flexibility index (Phi) is 3.96. The van der Waals surface area contributed by atoms with Crippen LogP contribution in [0, 0.1) is 22.7 Å². The van der Waals surface area contributed by atoms with Crippen molar-refractivity contribution in [3.8, 4) is 0 Å². The summed E-state index contributed by atoms with van der Waals surface area (Å²) in [7, 11) is 0. The number of esters is 1. The third kappa shape index (κ3) is 2.39. The van der Waals surface area contributed by atoms with Gasteiger partial charge in [-0.1, -0.05) is 20.8 Å². The molecule has 0 aromatic carbocycles. The van der Waals surface area contributed by atoms with Crippen molar-refractivity contribution < 1.29 is 23.7 Å². The van der Waals surface area contributed by atoms with Crippen LogP contribution in [0.5, 0.6) is 0 Å². The summed E-state index contributed by atoms with van der Waals surface area (Å²) in [5.74, 6) is 0.395. The third-order valence-corrected chi connectivity index (χ3v) is 9.35. The number of cyclic esters (lactones) is 1. The van der Waals surface area contributed by atoms with Crippen LogP contribution in [0.1, 0.15) is 79.6 Å². The fourth-order valence-electron chi connectivity index (χ4n) is 7.80. The molecule has 158 valence electrons. The number of carbonyl (C=O) groups excluding carboxylic acids is 1. The molecule has 5 aliphatic rings. The van der Waals surface area contributed by atoms with E-state index in [4.69, 9.17) is 18.9 Å². The maximum atomic E-state index is 11.9. The van der Waals surface area contributed by atoms with E-state index in [0.29, 0.717) is 24.9 Å². The minimum Gasteiger partial charge on any atom is -0.463 e. The highest BCUT2D eigenvalue weighted by atomic mass is 16.7. The molecule has 0 aromatic rings. The van der Waals surface area contributed by atoms with Gasteiger partial charge in [-0.3, -0.25) is 4.79 Å². The monoisotopic (exact) mass is 392 g/mol. The highest BCUT2D eigenvalue weighted by Gasteiger charge is 2.70. The molecular weight excluding hydrogens is 356 g/mol. The quantitative estimate of drug-likeness (QED) is 0.578. The number of carbonyl (C=O) groups is 1. The van der Waals surface area contributed by atoms with Gasteiger partial charge in [0.2, 0.25) is 0 Å². The van der Waals surface area contributed by atoms with Crippen molar-refractivity contribution in [1.82, 2.24) is 0 Å². The molecule has 5 nitrogen and oxygen atoms in total. The molecule has 28 heavy (non-hydrogen) atoms. The molecule has 2 spiro atoms. The van der Waals surface area contributed by atoms with Crippen LogP contribution in [0.3, 0.4) is 0 Å². The number of hydrogen-bond donors (Lipinski definition) is 0. The number of rotatable bonds is 0. The molecule has 5 rings (SSSR count). The van der Waals surface area contributed by atoms with Crippen molar-refractivity contribution in [3.05, 3.63) is 0 Å². The molecule has 7 atom stereocenters. The second kappa shape index (κ2) is 5.73. The Hall–Kier alpha value is -0.650. The lowest BCUT2D eigenvalue weighted by Crippen LogP contribution is -2.68. The second-order valence-electron chi connectivity index (χ2n) is 11.3. The lowest BCUT2D eigenvalue weighted by molar-refractivity contribution is -0.358. The Morgan fingerprint density at radius 2 is 1.75 bits per heavy atom. The minimum atomic E-state index is -0.493. The molecule has 0 radical (unpaired) electrons. The highest BCUT2D eigenvalue weighted by molar-refractivity contribution is 5.73. The predicted molar refractivity (Wildman–Crippen MR) is 104 cm³/mol. The van der Waals surface area contributed by atoms with Crippen LogP contribution in [0.25, 0.3) is 0 Å². The van der Waals surface area contributed by atoms with Gasteiger partial charge in [0.15, 0.2) is 5.79 Å². The summed E-state index contributed by atoms with van der Waals surface area (Å²) in [6.45, 7) is 12.5. The average molecular weight is 393 g/mol. The van der Waals surface area contributed by atoms with Crippen LogP contribution >= 0.6 is 0 Å². The lowest BCUT2D eigenvalue weighted by atomic mass is 9.43. The second-order valence-corrected chi connectivity index (χ2v) is 11.3. The standard InChI is InChI=1S/C23H36O5/c1-15-6-7-16-20(4)13-26-19(2,3)27-17(20)8-9-21(16,5)23(15)11-10-22(28-23)12-18(24)25-14-22/h15-17H,6-14H2,1-5H3/t15-,16+,17+,20-,21-,22-,23-/m0/s1. The van der Waals surface area contributed by atoms with Crippen LogP contribution in [-0.2, 0) is 23.7 Å². The zero-order valence-electron chi connectivity index (χ0n) is 18.1. The topological polar surface area (TPSA) is 54.0 Å². The molecule has 5 fully saturated rings. The smallest absolute Gasteiger partial charge is 0.308 e. The first-order chi connectivity index (χ1) is 13.0. The van der Waals surface area contributed by atoms with E-state index in [1.807, 2.05) is 13.8 Å². The van der Waals surface area contributed by atoms with E-state index < -0.39 is 11.4 Å². The van der Waals surface area contributed by atoms with E-state index in [1.54, 1.807) is 0 Å². The number of ether oxygens (including phenoxy) is 4. The van der Waals surface area contributed by atoms with Gasteiger partial charge in [0, 0.05) is 10.8 Å². The average Bonchev–Trinajstić information content (AvgIpc) is 3.18. The Morgan fingerprint density at radius 1 is 0.964 bits per heavy atom. The predicted octanol–water partition coefficient (Wildman–Crippen LogP) is 4.23. The van der Waals surface area contributed by atoms with Gasteiger partial charge in [0.1, 0.15) is 12.2 Å². The van der Waals surface area contributed by atoms with E-state index in [1.165, 1.54) is 6.42 Å². The first-order valence-corrected chi connectivity index (χ1v) is 11.2. The fourth-order valence-corrected chi connectivity index (χ4v) is 7.80. The van der Waals surface area contributed by atoms with Gasteiger partial charge in [-0.25, -0.2) is 0 Å². The number of hydrogen-bond acceptors (Lipinski definition) is 5. The first-order valence-electron chi connectivity index (χ1n) is 11.2. The molecule has 3 aliphatic heterocycles. The molecule has 0 N–H and O–H groups in total. The van der Waals surface area contributed by atoms with Gasteiger partial charge < -0.3 is 18.9 Å². The summed E-state index contributed by atoms with van der Waals surface area (Å²) in [4.78, 5) is 11.9. The third-order valence-electron chi connectivity index (χ3n) is 9.35. The lowest BCUT2D eigenvalue weighted by Gasteiger charge is -2.67. The van der Waals surface area contributed by atoms with Crippen LogP contribution in [0.2, 0.25) is 0 Å². The van der Waals surface area contributed by atoms with Crippen molar-refractivity contribution in [2.75, 3.05) is 13.2 Å². The summed E-state index contributed by atoms with van der Waals surface area (Å²) in [6, 6.07) is 0. The molecular formula is C23H36O5. The highest BCUT2D eigenvalue weighted by Crippen LogP contribution is 2.69. The zero-order valence-corrected chi connectivity index (χ0v) is 18.1. The molecule has 3 saturated heterocycles. The molecule has 2 saturated carbocycles. The van der Waals surface area contributed by atoms with E-state index in [0.717, 1.165) is 38.7 Å². The van der Waals surface area contributed by atoms with Gasteiger partial charge in [0.25, 0.3) is 0 Å². The van der Waals surface area contributed by atoms with Gasteiger partial charge in [0.05, 0.1) is 24.7 Å². The fraction of sp³-hybridized carbons (Fsp3) is 0.957.